The van der Waals surface area contributed by atoms with Gasteiger partial charge < -0.3 is 10.2 Å². The molecule has 0 radical (unpaired) electrons. The minimum atomic E-state index is -0.463. The molecule has 8 nitrogen and oxygen atoms in total. The minimum Gasteiger partial charge on any atom is -0.354 e. The molecule has 4 rings (SSSR count). The summed E-state index contributed by atoms with van der Waals surface area (Å²) in [5.74, 6) is 0.488. The predicted molar refractivity (Wildman–Crippen MR) is 112 cm³/mol. The second kappa shape index (κ2) is 8.36. The van der Waals surface area contributed by atoms with Gasteiger partial charge in [-0.15, -0.1) is 21.5 Å². The molecular weight excluding hydrogens is 390 g/mol. The summed E-state index contributed by atoms with van der Waals surface area (Å²) in [6.07, 6.45) is 1.67. The van der Waals surface area contributed by atoms with Gasteiger partial charge in [0.25, 0.3) is 5.69 Å². The lowest BCUT2D eigenvalue weighted by molar-refractivity contribution is -0.384. The smallest absolute Gasteiger partial charge is 0.269 e. The molecule has 9 heteroatoms. The van der Waals surface area contributed by atoms with E-state index in [9.17, 15) is 14.9 Å². The Morgan fingerprint density at radius 1 is 1.17 bits per heavy atom. The van der Waals surface area contributed by atoms with Crippen LogP contribution in [0.2, 0.25) is 0 Å². The van der Waals surface area contributed by atoms with E-state index in [1.807, 2.05) is 29.6 Å². The van der Waals surface area contributed by atoms with Crippen LogP contribution >= 0.6 is 11.3 Å². The molecule has 0 aliphatic carbocycles. The molecule has 2 aromatic heterocycles. The number of nitro benzene ring substituents is 1. The van der Waals surface area contributed by atoms with Crippen molar-refractivity contribution in [2.24, 2.45) is 5.92 Å². The number of nitrogens with zero attached hydrogens (tertiary/aromatic N) is 4. The van der Waals surface area contributed by atoms with Crippen molar-refractivity contribution in [3.05, 3.63) is 64.0 Å². The van der Waals surface area contributed by atoms with Gasteiger partial charge in [-0.25, -0.2) is 0 Å². The Morgan fingerprint density at radius 3 is 2.66 bits per heavy atom. The van der Waals surface area contributed by atoms with Crippen LogP contribution in [0, 0.1) is 16.0 Å². The zero-order valence-corrected chi connectivity index (χ0v) is 16.3. The molecule has 3 heterocycles. The van der Waals surface area contributed by atoms with Gasteiger partial charge in [0, 0.05) is 30.9 Å². The normalized spacial score (nSPS) is 16.4. The fourth-order valence-corrected chi connectivity index (χ4v) is 4.05. The third kappa shape index (κ3) is 4.40. The Balaban J connectivity index is 1.39. The van der Waals surface area contributed by atoms with Gasteiger partial charge in [-0.3, -0.25) is 14.9 Å². The largest absolute Gasteiger partial charge is 0.354 e. The number of carbonyl (C=O) groups excluding carboxylic acids is 1. The van der Waals surface area contributed by atoms with E-state index in [-0.39, 0.29) is 17.5 Å². The summed E-state index contributed by atoms with van der Waals surface area (Å²) in [6, 6.07) is 13.7. The third-order valence-corrected chi connectivity index (χ3v) is 5.78. The summed E-state index contributed by atoms with van der Waals surface area (Å²) in [5.41, 5.74) is 1.39. The van der Waals surface area contributed by atoms with Crippen molar-refractivity contribution in [2.75, 3.05) is 23.3 Å². The fraction of sp³-hybridized carbons (Fsp3) is 0.250. The number of benzene rings is 1. The SMILES string of the molecule is O=C(Nc1ccc([N+](=O)[O-])cc1)C1CCCN(c2ccc(-c3cccs3)nn2)C1. The fourth-order valence-electron chi connectivity index (χ4n) is 3.36. The average molecular weight is 409 g/mol. The molecular formula is C20H19N5O3S. The van der Waals surface area contributed by atoms with E-state index in [0.717, 1.165) is 35.8 Å². The van der Waals surface area contributed by atoms with Crippen molar-refractivity contribution in [2.45, 2.75) is 12.8 Å². The number of hydrogen-bond donors (Lipinski definition) is 1. The molecule has 1 amide bonds. The maximum absolute atomic E-state index is 12.7. The molecule has 0 spiro atoms. The highest BCUT2D eigenvalue weighted by Crippen LogP contribution is 2.26. The van der Waals surface area contributed by atoms with Crippen LogP contribution in [-0.4, -0.2) is 34.1 Å². The lowest BCUT2D eigenvalue weighted by Gasteiger charge is -2.32. The van der Waals surface area contributed by atoms with Crippen molar-refractivity contribution in [3.63, 3.8) is 0 Å². The van der Waals surface area contributed by atoms with Gasteiger partial charge in [0.05, 0.1) is 15.7 Å². The van der Waals surface area contributed by atoms with Crippen LogP contribution in [0.25, 0.3) is 10.6 Å². The van der Waals surface area contributed by atoms with Gasteiger partial charge in [0.2, 0.25) is 5.91 Å². The van der Waals surface area contributed by atoms with Crippen LogP contribution in [-0.2, 0) is 4.79 Å². The van der Waals surface area contributed by atoms with Crippen LogP contribution in [0.5, 0.6) is 0 Å². The molecule has 1 saturated heterocycles. The number of rotatable bonds is 5. The zero-order valence-electron chi connectivity index (χ0n) is 15.5. The first-order valence-corrected chi connectivity index (χ1v) is 10.2. The Hall–Kier alpha value is -3.33. The monoisotopic (exact) mass is 409 g/mol. The van der Waals surface area contributed by atoms with E-state index < -0.39 is 4.92 Å². The number of thiophene rings is 1. The molecule has 1 aliphatic heterocycles. The van der Waals surface area contributed by atoms with Gasteiger partial charge in [-0.05, 0) is 48.6 Å². The van der Waals surface area contributed by atoms with Crippen LogP contribution in [0.4, 0.5) is 17.2 Å². The first kappa shape index (κ1) is 19.0. The summed E-state index contributed by atoms with van der Waals surface area (Å²) in [5, 5.41) is 24.3. The lowest BCUT2D eigenvalue weighted by Crippen LogP contribution is -2.41. The van der Waals surface area contributed by atoms with Crippen molar-refractivity contribution in [1.29, 1.82) is 0 Å². The number of nitrogens with one attached hydrogen (secondary N) is 1. The number of piperidine rings is 1. The molecule has 0 saturated carbocycles. The molecule has 1 unspecified atom stereocenters. The number of anilines is 2. The van der Waals surface area contributed by atoms with Gasteiger partial charge in [0.1, 0.15) is 5.69 Å². The van der Waals surface area contributed by atoms with Crippen molar-refractivity contribution < 1.29 is 9.72 Å². The van der Waals surface area contributed by atoms with Gasteiger partial charge in [-0.1, -0.05) is 6.07 Å². The second-order valence-electron chi connectivity index (χ2n) is 6.83. The zero-order chi connectivity index (χ0) is 20.2. The topological polar surface area (TPSA) is 101 Å². The maximum Gasteiger partial charge on any atom is 0.269 e. The molecule has 29 heavy (non-hydrogen) atoms. The van der Waals surface area contributed by atoms with Crippen LogP contribution in [0.1, 0.15) is 12.8 Å². The first-order valence-electron chi connectivity index (χ1n) is 9.28. The first-order chi connectivity index (χ1) is 14.1. The second-order valence-corrected chi connectivity index (χ2v) is 7.78. The molecule has 1 aromatic carbocycles. The molecule has 3 aromatic rings. The van der Waals surface area contributed by atoms with E-state index in [2.05, 4.69) is 20.4 Å². The summed E-state index contributed by atoms with van der Waals surface area (Å²) in [6.45, 7) is 1.39. The minimum absolute atomic E-state index is 0.00332. The van der Waals surface area contributed by atoms with Gasteiger partial charge >= 0.3 is 0 Å². The molecule has 148 valence electrons. The molecule has 0 bridgehead atoms. The van der Waals surface area contributed by atoms with Crippen LogP contribution in [0.3, 0.4) is 0 Å². The van der Waals surface area contributed by atoms with Crippen molar-refractivity contribution in [1.82, 2.24) is 10.2 Å². The summed E-state index contributed by atoms with van der Waals surface area (Å²) in [7, 11) is 0. The summed E-state index contributed by atoms with van der Waals surface area (Å²) < 4.78 is 0. The third-order valence-electron chi connectivity index (χ3n) is 4.89. The van der Waals surface area contributed by atoms with E-state index in [1.165, 1.54) is 12.1 Å². The maximum atomic E-state index is 12.7. The molecule has 1 N–H and O–H groups in total. The highest BCUT2D eigenvalue weighted by atomic mass is 32.1. The summed E-state index contributed by atoms with van der Waals surface area (Å²) in [4.78, 5) is 26.1. The van der Waals surface area contributed by atoms with Crippen LogP contribution in [0.15, 0.2) is 53.9 Å². The number of non-ortho nitro benzene ring substituents is 1. The molecule has 1 atom stereocenters. The highest BCUT2D eigenvalue weighted by Gasteiger charge is 2.27. The van der Waals surface area contributed by atoms with E-state index in [1.54, 1.807) is 23.5 Å². The number of carbonyl (C=O) groups is 1. The lowest BCUT2D eigenvalue weighted by atomic mass is 9.97. The van der Waals surface area contributed by atoms with Crippen molar-refractivity contribution in [3.8, 4) is 10.6 Å². The van der Waals surface area contributed by atoms with E-state index in [4.69, 9.17) is 0 Å². The number of hydrogen-bond acceptors (Lipinski definition) is 7. The Labute approximate surface area is 171 Å². The molecule has 1 aliphatic rings. The Kier molecular flexibility index (Phi) is 5.48. The molecule has 1 fully saturated rings. The number of amides is 1. The average Bonchev–Trinajstić information content (AvgIpc) is 3.29. The van der Waals surface area contributed by atoms with Gasteiger partial charge in [-0.2, -0.15) is 0 Å². The van der Waals surface area contributed by atoms with E-state index in [0.29, 0.717) is 12.2 Å². The van der Waals surface area contributed by atoms with Crippen LogP contribution < -0.4 is 10.2 Å². The number of nitro groups is 1. The Morgan fingerprint density at radius 2 is 2.00 bits per heavy atom. The highest BCUT2D eigenvalue weighted by molar-refractivity contribution is 7.13. The quantitative estimate of drug-likeness (QED) is 0.505. The summed E-state index contributed by atoms with van der Waals surface area (Å²) >= 11 is 1.62. The number of aromatic nitrogens is 2. The van der Waals surface area contributed by atoms with Crippen molar-refractivity contribution >= 4 is 34.4 Å². The van der Waals surface area contributed by atoms with Gasteiger partial charge in [0.15, 0.2) is 5.82 Å². The Bertz CT molecular complexity index is 990. The van der Waals surface area contributed by atoms with E-state index >= 15 is 0 Å². The standard InChI is InChI=1S/C20H19N5O3S/c26-20(21-15-5-7-16(8-6-15)25(27)28)14-3-1-11-24(13-14)19-10-9-17(22-23-19)18-4-2-12-29-18/h2,4-10,12,14H,1,3,11,13H2,(H,21,26). The predicted octanol–water partition coefficient (Wildman–Crippen LogP) is 3.97.